The van der Waals surface area contributed by atoms with Crippen LogP contribution in [0.2, 0.25) is 5.02 Å². The Bertz CT molecular complexity index is 304. The molecule has 0 spiro atoms. The van der Waals surface area contributed by atoms with Crippen LogP contribution < -0.4 is 11.1 Å². The van der Waals surface area contributed by atoms with Crippen LogP contribution >= 0.6 is 11.6 Å². The summed E-state index contributed by atoms with van der Waals surface area (Å²) < 4.78 is 0. The minimum Gasteiger partial charge on any atom is -0.395 e. The maximum Gasteiger partial charge on any atom is 0.0599 e. The van der Waals surface area contributed by atoms with Crippen LogP contribution in [-0.4, -0.2) is 24.3 Å². The van der Waals surface area contributed by atoms with Gasteiger partial charge in [-0.1, -0.05) is 17.7 Å². The summed E-state index contributed by atoms with van der Waals surface area (Å²) in [5.74, 6) is 0. The van der Waals surface area contributed by atoms with Crippen LogP contribution in [0.15, 0.2) is 18.2 Å². The van der Waals surface area contributed by atoms with E-state index in [1.165, 1.54) is 0 Å². The minimum absolute atomic E-state index is 0.0212. The second-order valence-corrected chi connectivity index (χ2v) is 3.72. The van der Waals surface area contributed by atoms with Gasteiger partial charge in [0.25, 0.3) is 0 Å². The molecule has 0 radical (unpaired) electrons. The van der Waals surface area contributed by atoms with Gasteiger partial charge in [0.15, 0.2) is 0 Å². The molecule has 0 bridgehead atoms. The highest BCUT2D eigenvalue weighted by Gasteiger charge is 2.02. The van der Waals surface area contributed by atoms with Crippen LogP contribution in [0.25, 0.3) is 0 Å². The van der Waals surface area contributed by atoms with Crippen molar-refractivity contribution in [3.05, 3.63) is 28.8 Å². The third-order valence-electron chi connectivity index (χ3n) is 1.99. The summed E-state index contributed by atoms with van der Waals surface area (Å²) in [4.78, 5) is 0. The van der Waals surface area contributed by atoms with E-state index in [1.807, 2.05) is 25.1 Å². The lowest BCUT2D eigenvalue weighted by Gasteiger charge is -2.13. The van der Waals surface area contributed by atoms with Gasteiger partial charge in [0.2, 0.25) is 0 Å². The highest BCUT2D eigenvalue weighted by atomic mass is 35.5. The molecule has 0 fully saturated rings. The van der Waals surface area contributed by atoms with Crippen molar-refractivity contribution in [1.82, 2.24) is 0 Å². The molecule has 0 saturated carbocycles. The summed E-state index contributed by atoms with van der Waals surface area (Å²) in [5, 5.41) is 12.6. The fourth-order valence-corrected chi connectivity index (χ4v) is 1.26. The molecule has 0 heterocycles. The first kappa shape index (κ1) is 11.3. The number of aliphatic hydroxyl groups excluding tert-OH is 1. The standard InChI is InChI=1S/C10H15ClN2O/c1-7-2-3-8(11)4-10(7)13-5-9(12)6-14/h2-4,9,13-14H,5-6,12H2,1H3. The van der Waals surface area contributed by atoms with Crippen molar-refractivity contribution in [2.45, 2.75) is 13.0 Å². The third kappa shape index (κ3) is 3.18. The van der Waals surface area contributed by atoms with Gasteiger partial charge in [-0.2, -0.15) is 0 Å². The molecule has 1 aromatic carbocycles. The molecule has 0 aliphatic heterocycles. The molecular formula is C10H15ClN2O. The minimum atomic E-state index is -0.242. The van der Waals surface area contributed by atoms with Crippen LogP contribution in [0.3, 0.4) is 0 Å². The zero-order chi connectivity index (χ0) is 10.6. The number of aliphatic hydroxyl groups is 1. The number of hydrogen-bond donors (Lipinski definition) is 3. The molecule has 1 aromatic rings. The molecule has 1 unspecified atom stereocenters. The van der Waals surface area contributed by atoms with Gasteiger partial charge in [-0.05, 0) is 24.6 Å². The molecule has 0 aromatic heterocycles. The van der Waals surface area contributed by atoms with Crippen LogP contribution in [0.1, 0.15) is 5.56 Å². The van der Waals surface area contributed by atoms with Gasteiger partial charge in [0.1, 0.15) is 0 Å². The van der Waals surface area contributed by atoms with Crippen molar-refractivity contribution in [3.63, 3.8) is 0 Å². The molecule has 0 saturated heterocycles. The Labute approximate surface area is 88.9 Å². The lowest BCUT2D eigenvalue weighted by atomic mass is 10.2. The largest absolute Gasteiger partial charge is 0.395 e. The molecule has 0 amide bonds. The summed E-state index contributed by atoms with van der Waals surface area (Å²) in [6.45, 7) is 2.51. The van der Waals surface area contributed by atoms with Crippen molar-refractivity contribution in [2.24, 2.45) is 5.73 Å². The molecule has 78 valence electrons. The molecule has 4 N–H and O–H groups in total. The number of nitrogens with one attached hydrogen (secondary N) is 1. The van der Waals surface area contributed by atoms with Crippen molar-refractivity contribution in [1.29, 1.82) is 0 Å². The van der Waals surface area contributed by atoms with Gasteiger partial charge in [-0.3, -0.25) is 0 Å². The summed E-state index contributed by atoms with van der Waals surface area (Å²) in [6.07, 6.45) is 0. The zero-order valence-corrected chi connectivity index (χ0v) is 8.88. The van der Waals surface area contributed by atoms with Crippen molar-refractivity contribution in [3.8, 4) is 0 Å². The lowest BCUT2D eigenvalue weighted by Crippen LogP contribution is -2.32. The van der Waals surface area contributed by atoms with E-state index in [0.29, 0.717) is 11.6 Å². The van der Waals surface area contributed by atoms with Gasteiger partial charge in [0, 0.05) is 23.3 Å². The fraction of sp³-hybridized carbons (Fsp3) is 0.400. The second-order valence-electron chi connectivity index (χ2n) is 3.28. The van der Waals surface area contributed by atoms with E-state index in [2.05, 4.69) is 5.32 Å². The number of halogens is 1. The van der Waals surface area contributed by atoms with E-state index in [4.69, 9.17) is 22.4 Å². The highest BCUT2D eigenvalue weighted by Crippen LogP contribution is 2.19. The normalized spacial score (nSPS) is 12.6. The quantitative estimate of drug-likeness (QED) is 0.710. The average molecular weight is 215 g/mol. The third-order valence-corrected chi connectivity index (χ3v) is 2.22. The maximum atomic E-state index is 8.75. The molecule has 14 heavy (non-hydrogen) atoms. The zero-order valence-electron chi connectivity index (χ0n) is 8.13. The van der Waals surface area contributed by atoms with Crippen molar-refractivity contribution in [2.75, 3.05) is 18.5 Å². The van der Waals surface area contributed by atoms with Crippen molar-refractivity contribution >= 4 is 17.3 Å². The molecule has 0 aliphatic rings. The topological polar surface area (TPSA) is 58.3 Å². The summed E-state index contributed by atoms with van der Waals surface area (Å²) in [6, 6.07) is 5.39. The Hall–Kier alpha value is -0.770. The van der Waals surface area contributed by atoms with Crippen LogP contribution in [0, 0.1) is 6.92 Å². The Morgan fingerprint density at radius 1 is 1.57 bits per heavy atom. The van der Waals surface area contributed by atoms with E-state index < -0.39 is 0 Å². The molecule has 1 atom stereocenters. The lowest BCUT2D eigenvalue weighted by molar-refractivity contribution is 0.270. The Morgan fingerprint density at radius 2 is 2.29 bits per heavy atom. The number of hydrogen-bond acceptors (Lipinski definition) is 3. The Balaban J connectivity index is 2.62. The van der Waals surface area contributed by atoms with Gasteiger partial charge < -0.3 is 16.2 Å². The van der Waals surface area contributed by atoms with Gasteiger partial charge in [0.05, 0.1) is 6.61 Å². The Morgan fingerprint density at radius 3 is 2.93 bits per heavy atom. The number of anilines is 1. The molecule has 1 rings (SSSR count). The smallest absolute Gasteiger partial charge is 0.0599 e. The van der Waals surface area contributed by atoms with E-state index in [9.17, 15) is 0 Å². The number of benzene rings is 1. The van der Waals surface area contributed by atoms with E-state index in [1.54, 1.807) is 0 Å². The van der Waals surface area contributed by atoms with Gasteiger partial charge >= 0.3 is 0 Å². The summed E-state index contributed by atoms with van der Waals surface area (Å²) in [7, 11) is 0. The fourth-order valence-electron chi connectivity index (χ4n) is 1.09. The number of rotatable bonds is 4. The first-order valence-corrected chi connectivity index (χ1v) is 4.87. The van der Waals surface area contributed by atoms with Crippen LogP contribution in [0.5, 0.6) is 0 Å². The summed E-state index contributed by atoms with van der Waals surface area (Å²) >= 11 is 5.85. The van der Waals surface area contributed by atoms with Crippen LogP contribution in [0.4, 0.5) is 5.69 Å². The van der Waals surface area contributed by atoms with E-state index >= 15 is 0 Å². The van der Waals surface area contributed by atoms with E-state index in [0.717, 1.165) is 11.3 Å². The van der Waals surface area contributed by atoms with Crippen LogP contribution in [-0.2, 0) is 0 Å². The molecule has 4 heteroatoms. The molecule has 0 aliphatic carbocycles. The predicted octanol–water partition coefficient (Wildman–Crippen LogP) is 1.38. The Kier molecular flexibility index (Phi) is 4.20. The molecular weight excluding hydrogens is 200 g/mol. The number of nitrogens with two attached hydrogens (primary N) is 1. The second kappa shape index (κ2) is 5.20. The highest BCUT2D eigenvalue weighted by molar-refractivity contribution is 6.30. The van der Waals surface area contributed by atoms with E-state index in [-0.39, 0.29) is 12.6 Å². The number of aryl methyl sites for hydroxylation is 1. The molecule has 3 nitrogen and oxygen atoms in total. The average Bonchev–Trinajstić information content (AvgIpc) is 2.19. The first-order chi connectivity index (χ1) is 6.63. The van der Waals surface area contributed by atoms with Gasteiger partial charge in [-0.15, -0.1) is 0 Å². The monoisotopic (exact) mass is 214 g/mol. The van der Waals surface area contributed by atoms with Crippen molar-refractivity contribution < 1.29 is 5.11 Å². The first-order valence-electron chi connectivity index (χ1n) is 4.50. The SMILES string of the molecule is Cc1ccc(Cl)cc1NCC(N)CO. The predicted molar refractivity (Wildman–Crippen MR) is 59.7 cm³/mol. The maximum absolute atomic E-state index is 8.75. The van der Waals surface area contributed by atoms with Gasteiger partial charge in [-0.25, -0.2) is 0 Å². The summed E-state index contributed by atoms with van der Waals surface area (Å²) in [5.41, 5.74) is 7.63.